The van der Waals surface area contributed by atoms with Crippen molar-refractivity contribution in [3.05, 3.63) is 34.9 Å². The summed E-state index contributed by atoms with van der Waals surface area (Å²) in [6.07, 6.45) is -0.641. The maximum atomic E-state index is 11.3. The summed E-state index contributed by atoms with van der Waals surface area (Å²) in [6.45, 7) is 0. The zero-order chi connectivity index (χ0) is 13.9. The summed E-state index contributed by atoms with van der Waals surface area (Å²) >= 11 is 0. The van der Waals surface area contributed by atoms with Gasteiger partial charge in [-0.2, -0.15) is 0 Å². The number of carboxylic acids is 1. The van der Waals surface area contributed by atoms with Crippen LogP contribution in [-0.4, -0.2) is 33.9 Å². The third-order valence-electron chi connectivity index (χ3n) is 2.05. The van der Waals surface area contributed by atoms with Crippen LogP contribution >= 0.6 is 7.60 Å². The molecule has 0 atom stereocenters. The molecule has 98 valence electrons. The normalized spacial score (nSPS) is 11.1. The van der Waals surface area contributed by atoms with Gasteiger partial charge in [0, 0.05) is 0 Å². The maximum Gasteiger partial charge on any atom is 0.337 e. The third kappa shape index (κ3) is 3.96. The van der Waals surface area contributed by atoms with Crippen LogP contribution in [0.25, 0.3) is 0 Å². The summed E-state index contributed by atoms with van der Waals surface area (Å²) in [7, 11) is -3.22. The van der Waals surface area contributed by atoms with Gasteiger partial charge < -0.3 is 19.6 Å². The minimum atomic E-state index is -4.34. The van der Waals surface area contributed by atoms with E-state index in [2.05, 4.69) is 4.74 Å². The van der Waals surface area contributed by atoms with Gasteiger partial charge in [-0.25, -0.2) is 9.59 Å². The summed E-state index contributed by atoms with van der Waals surface area (Å²) in [6, 6.07) is 3.38. The fraction of sp³-hybridized carbons (Fsp3) is 0.200. The molecule has 0 heterocycles. The molecular weight excluding hydrogens is 263 g/mol. The van der Waals surface area contributed by atoms with Crippen LogP contribution in [0.4, 0.5) is 0 Å². The summed E-state index contributed by atoms with van der Waals surface area (Å²) in [5.74, 6) is -2.07. The van der Waals surface area contributed by atoms with E-state index in [1.807, 2.05) is 0 Å². The van der Waals surface area contributed by atoms with E-state index >= 15 is 0 Å². The molecule has 0 amide bonds. The van der Waals surface area contributed by atoms with Gasteiger partial charge >= 0.3 is 19.5 Å². The Kier molecular flexibility index (Phi) is 4.24. The van der Waals surface area contributed by atoms with E-state index in [1.54, 1.807) is 0 Å². The van der Waals surface area contributed by atoms with E-state index in [9.17, 15) is 14.2 Å². The number of ether oxygens (including phenoxy) is 1. The standard InChI is InChI=1S/C10H11O7P/c1-17-10(13)8-3-6(5-18(14,15)16)2-7(4-8)9(11)12/h2-4H,5H2,1H3,(H,11,12)(H2,14,15,16). The van der Waals surface area contributed by atoms with Crippen LogP contribution < -0.4 is 0 Å². The number of carbonyl (C=O) groups is 2. The Morgan fingerprint density at radius 3 is 2.22 bits per heavy atom. The molecule has 1 rings (SSSR count). The molecule has 0 aliphatic rings. The van der Waals surface area contributed by atoms with Crippen molar-refractivity contribution >= 4 is 19.5 Å². The lowest BCUT2D eigenvalue weighted by atomic mass is 10.1. The zero-order valence-electron chi connectivity index (χ0n) is 9.36. The lowest BCUT2D eigenvalue weighted by Crippen LogP contribution is -2.06. The fourth-order valence-electron chi connectivity index (χ4n) is 1.38. The number of benzene rings is 1. The number of aromatic carboxylic acids is 1. The van der Waals surface area contributed by atoms with Crippen molar-refractivity contribution in [3.8, 4) is 0 Å². The number of esters is 1. The Hall–Kier alpha value is -1.69. The van der Waals surface area contributed by atoms with Crippen LogP contribution in [-0.2, 0) is 15.5 Å². The minimum Gasteiger partial charge on any atom is -0.478 e. The number of rotatable bonds is 4. The first-order valence-corrected chi connectivity index (χ1v) is 6.53. The molecule has 18 heavy (non-hydrogen) atoms. The van der Waals surface area contributed by atoms with Gasteiger partial charge in [-0.3, -0.25) is 4.57 Å². The predicted molar refractivity (Wildman–Crippen MR) is 60.5 cm³/mol. The smallest absolute Gasteiger partial charge is 0.337 e. The van der Waals surface area contributed by atoms with Crippen molar-refractivity contribution in [2.45, 2.75) is 6.16 Å². The summed E-state index contributed by atoms with van der Waals surface area (Å²) in [5.41, 5.74) is -0.245. The van der Waals surface area contributed by atoms with E-state index in [0.29, 0.717) is 0 Å². The van der Waals surface area contributed by atoms with E-state index in [1.165, 1.54) is 6.07 Å². The Morgan fingerprint density at radius 1 is 1.22 bits per heavy atom. The molecule has 8 heteroatoms. The van der Waals surface area contributed by atoms with Gasteiger partial charge in [0.15, 0.2) is 0 Å². The third-order valence-corrected chi connectivity index (χ3v) is 2.83. The quantitative estimate of drug-likeness (QED) is 0.549. The SMILES string of the molecule is COC(=O)c1cc(CP(=O)(O)O)cc(C(=O)O)c1. The molecule has 0 aliphatic carbocycles. The van der Waals surface area contributed by atoms with Crippen molar-refractivity contribution in [1.82, 2.24) is 0 Å². The highest BCUT2D eigenvalue weighted by molar-refractivity contribution is 7.50. The first-order chi connectivity index (χ1) is 8.23. The van der Waals surface area contributed by atoms with Gasteiger partial charge in [0.05, 0.1) is 24.4 Å². The van der Waals surface area contributed by atoms with Crippen LogP contribution in [0.1, 0.15) is 26.3 Å². The highest BCUT2D eigenvalue weighted by Crippen LogP contribution is 2.39. The monoisotopic (exact) mass is 274 g/mol. The molecule has 1 aromatic carbocycles. The van der Waals surface area contributed by atoms with E-state index in [-0.39, 0.29) is 16.7 Å². The second-order valence-electron chi connectivity index (χ2n) is 3.54. The molecule has 1 aromatic rings. The molecule has 0 saturated heterocycles. The Morgan fingerprint density at radius 2 is 1.78 bits per heavy atom. The fourth-order valence-corrected chi connectivity index (χ4v) is 2.04. The molecule has 7 nitrogen and oxygen atoms in total. The largest absolute Gasteiger partial charge is 0.478 e. The van der Waals surface area contributed by atoms with Gasteiger partial charge in [-0.15, -0.1) is 0 Å². The zero-order valence-corrected chi connectivity index (χ0v) is 10.3. The number of carboxylic acid groups (broad SMARTS) is 1. The number of hydrogen-bond acceptors (Lipinski definition) is 4. The maximum absolute atomic E-state index is 11.3. The average molecular weight is 274 g/mol. The summed E-state index contributed by atoms with van der Waals surface area (Å²) in [5, 5.41) is 8.84. The molecular formula is C10H11O7P. The van der Waals surface area contributed by atoms with Crippen molar-refractivity contribution < 1.29 is 33.8 Å². The predicted octanol–water partition coefficient (Wildman–Crippen LogP) is 0.849. The van der Waals surface area contributed by atoms with Crippen LogP contribution in [0, 0.1) is 0 Å². The van der Waals surface area contributed by atoms with Crippen LogP contribution in [0.3, 0.4) is 0 Å². The molecule has 0 fully saturated rings. The lowest BCUT2D eigenvalue weighted by molar-refractivity contribution is 0.0600. The number of hydrogen-bond donors (Lipinski definition) is 3. The molecule has 0 unspecified atom stereocenters. The first kappa shape index (κ1) is 14.4. The van der Waals surface area contributed by atoms with Crippen molar-refractivity contribution in [2.24, 2.45) is 0 Å². The van der Waals surface area contributed by atoms with E-state index < -0.39 is 25.7 Å². The number of carbonyl (C=O) groups excluding carboxylic acids is 1. The first-order valence-electron chi connectivity index (χ1n) is 4.73. The van der Waals surface area contributed by atoms with Crippen LogP contribution in [0.2, 0.25) is 0 Å². The van der Waals surface area contributed by atoms with Crippen molar-refractivity contribution in [2.75, 3.05) is 7.11 Å². The van der Waals surface area contributed by atoms with Crippen molar-refractivity contribution in [1.29, 1.82) is 0 Å². The molecule has 0 aliphatic heterocycles. The van der Waals surface area contributed by atoms with E-state index in [0.717, 1.165) is 19.2 Å². The van der Waals surface area contributed by atoms with Gasteiger partial charge in [-0.05, 0) is 23.8 Å². The Balaban J connectivity index is 3.26. The minimum absolute atomic E-state index is 0.0589. The highest BCUT2D eigenvalue weighted by Gasteiger charge is 2.18. The van der Waals surface area contributed by atoms with Gasteiger partial charge in [0.2, 0.25) is 0 Å². The van der Waals surface area contributed by atoms with Crippen LogP contribution in [0.15, 0.2) is 18.2 Å². The van der Waals surface area contributed by atoms with Gasteiger partial charge in [0.25, 0.3) is 0 Å². The lowest BCUT2D eigenvalue weighted by Gasteiger charge is -2.07. The molecule has 0 radical (unpaired) electrons. The topological polar surface area (TPSA) is 121 Å². The second kappa shape index (κ2) is 5.30. The van der Waals surface area contributed by atoms with E-state index in [4.69, 9.17) is 14.9 Å². The second-order valence-corrected chi connectivity index (χ2v) is 5.18. The summed E-state index contributed by atoms with van der Waals surface area (Å²) < 4.78 is 15.3. The molecule has 0 spiro atoms. The Bertz CT molecular complexity index is 531. The van der Waals surface area contributed by atoms with Crippen molar-refractivity contribution in [3.63, 3.8) is 0 Å². The molecule has 0 bridgehead atoms. The molecule has 3 N–H and O–H groups in total. The highest BCUT2D eigenvalue weighted by atomic mass is 31.2. The summed E-state index contributed by atoms with van der Waals surface area (Å²) in [4.78, 5) is 39.8. The average Bonchev–Trinajstić information content (AvgIpc) is 2.25. The molecule has 0 saturated carbocycles. The number of methoxy groups -OCH3 is 1. The molecule has 0 aromatic heterocycles. The van der Waals surface area contributed by atoms with Gasteiger partial charge in [0.1, 0.15) is 0 Å². The Labute approximate surface area is 102 Å². The van der Waals surface area contributed by atoms with Crippen LogP contribution in [0.5, 0.6) is 0 Å². The van der Waals surface area contributed by atoms with Gasteiger partial charge in [-0.1, -0.05) is 0 Å².